The highest BCUT2D eigenvalue weighted by Crippen LogP contribution is 2.25. The van der Waals surface area contributed by atoms with Crippen LogP contribution in [0.4, 0.5) is 0 Å². The molecule has 0 saturated carbocycles. The van der Waals surface area contributed by atoms with Crippen LogP contribution in [-0.2, 0) is 6.54 Å². The molecule has 3 rings (SSSR count). The lowest BCUT2D eigenvalue weighted by atomic mass is 10.1. The Morgan fingerprint density at radius 3 is 2.45 bits per heavy atom. The first kappa shape index (κ1) is 14.1. The summed E-state index contributed by atoms with van der Waals surface area (Å²) in [6.07, 6.45) is 3.41. The Hall–Kier alpha value is -2.88. The van der Waals surface area contributed by atoms with E-state index in [-0.39, 0.29) is 5.91 Å². The largest absolute Gasteiger partial charge is 0.496 e. The quantitative estimate of drug-likeness (QED) is 0.803. The molecular weight excluding hydrogens is 276 g/mol. The highest BCUT2D eigenvalue weighted by molar-refractivity contribution is 6.01. The van der Waals surface area contributed by atoms with Gasteiger partial charge >= 0.3 is 0 Å². The highest BCUT2D eigenvalue weighted by atomic mass is 16.5. The van der Waals surface area contributed by atoms with Crippen LogP contribution in [0.2, 0.25) is 0 Å². The number of pyridine rings is 1. The average molecular weight is 292 g/mol. The van der Waals surface area contributed by atoms with Crippen LogP contribution in [0.3, 0.4) is 0 Å². The molecule has 1 aromatic heterocycles. The van der Waals surface area contributed by atoms with Crippen molar-refractivity contribution in [2.24, 2.45) is 0 Å². The van der Waals surface area contributed by atoms with Gasteiger partial charge in [-0.05, 0) is 40.6 Å². The van der Waals surface area contributed by atoms with Gasteiger partial charge in [-0.3, -0.25) is 9.78 Å². The predicted molar refractivity (Wildman–Crippen MR) is 85.9 cm³/mol. The van der Waals surface area contributed by atoms with Gasteiger partial charge in [0, 0.05) is 18.9 Å². The Balaban J connectivity index is 1.86. The Labute approximate surface area is 128 Å². The Morgan fingerprint density at radius 2 is 1.77 bits per heavy atom. The van der Waals surface area contributed by atoms with Crippen LogP contribution in [0.1, 0.15) is 15.9 Å². The van der Waals surface area contributed by atoms with Crippen molar-refractivity contribution in [2.45, 2.75) is 6.54 Å². The van der Waals surface area contributed by atoms with Crippen LogP contribution < -0.4 is 10.1 Å². The first-order chi connectivity index (χ1) is 10.8. The lowest BCUT2D eigenvalue weighted by Crippen LogP contribution is -2.23. The van der Waals surface area contributed by atoms with E-state index in [9.17, 15) is 4.79 Å². The maximum atomic E-state index is 12.4. The molecule has 0 aliphatic rings. The molecule has 0 atom stereocenters. The molecule has 1 amide bonds. The molecule has 0 fully saturated rings. The second-order valence-corrected chi connectivity index (χ2v) is 4.94. The molecule has 0 bridgehead atoms. The van der Waals surface area contributed by atoms with Gasteiger partial charge in [-0.15, -0.1) is 0 Å². The number of rotatable bonds is 4. The van der Waals surface area contributed by atoms with Crippen molar-refractivity contribution in [1.29, 1.82) is 0 Å². The van der Waals surface area contributed by atoms with E-state index in [1.165, 1.54) is 0 Å². The average Bonchev–Trinajstić information content (AvgIpc) is 2.59. The fourth-order valence-electron chi connectivity index (χ4n) is 2.34. The van der Waals surface area contributed by atoms with E-state index in [0.29, 0.717) is 17.9 Å². The summed E-state index contributed by atoms with van der Waals surface area (Å²) >= 11 is 0. The molecule has 2 aromatic carbocycles. The van der Waals surface area contributed by atoms with Crippen LogP contribution in [0, 0.1) is 0 Å². The number of amides is 1. The summed E-state index contributed by atoms with van der Waals surface area (Å²) in [5, 5.41) is 4.97. The van der Waals surface area contributed by atoms with Gasteiger partial charge in [0.15, 0.2) is 0 Å². The first-order valence-corrected chi connectivity index (χ1v) is 7.02. The van der Waals surface area contributed by atoms with Crippen molar-refractivity contribution in [3.05, 3.63) is 72.1 Å². The van der Waals surface area contributed by atoms with Gasteiger partial charge in [0.1, 0.15) is 5.75 Å². The third kappa shape index (κ3) is 2.91. The number of aromatic nitrogens is 1. The minimum Gasteiger partial charge on any atom is -0.496 e. The second-order valence-electron chi connectivity index (χ2n) is 4.94. The van der Waals surface area contributed by atoms with Crippen molar-refractivity contribution < 1.29 is 9.53 Å². The smallest absolute Gasteiger partial charge is 0.255 e. The van der Waals surface area contributed by atoms with Crippen LogP contribution in [-0.4, -0.2) is 18.0 Å². The lowest BCUT2D eigenvalue weighted by Gasteiger charge is -2.11. The fraction of sp³-hybridized carbons (Fsp3) is 0.111. The van der Waals surface area contributed by atoms with E-state index in [1.807, 2.05) is 48.5 Å². The zero-order valence-corrected chi connectivity index (χ0v) is 12.2. The number of benzene rings is 2. The Morgan fingerprint density at radius 1 is 1.09 bits per heavy atom. The number of nitrogens with zero attached hydrogens (tertiary/aromatic N) is 1. The predicted octanol–water partition coefficient (Wildman–Crippen LogP) is 3.17. The van der Waals surface area contributed by atoms with Crippen LogP contribution in [0.5, 0.6) is 5.75 Å². The Kier molecular flexibility index (Phi) is 4.01. The van der Waals surface area contributed by atoms with Gasteiger partial charge in [-0.1, -0.05) is 24.3 Å². The number of hydrogen-bond donors (Lipinski definition) is 1. The SMILES string of the molecule is COc1cc2ccccc2cc1C(=O)NCc1ccncc1. The number of carbonyl (C=O) groups excluding carboxylic acids is 1. The molecule has 110 valence electrons. The number of hydrogen-bond acceptors (Lipinski definition) is 3. The second kappa shape index (κ2) is 6.26. The van der Waals surface area contributed by atoms with E-state index < -0.39 is 0 Å². The maximum absolute atomic E-state index is 12.4. The van der Waals surface area contributed by atoms with E-state index in [4.69, 9.17) is 4.74 Å². The molecule has 0 unspecified atom stereocenters. The molecule has 1 heterocycles. The van der Waals surface area contributed by atoms with Crippen molar-refractivity contribution in [3.63, 3.8) is 0 Å². The van der Waals surface area contributed by atoms with Crippen molar-refractivity contribution in [3.8, 4) is 5.75 Å². The van der Waals surface area contributed by atoms with Crippen molar-refractivity contribution in [2.75, 3.05) is 7.11 Å². The van der Waals surface area contributed by atoms with E-state index in [2.05, 4.69) is 10.3 Å². The molecule has 0 aliphatic carbocycles. The molecule has 0 spiro atoms. The number of nitrogens with one attached hydrogen (secondary N) is 1. The molecule has 0 radical (unpaired) electrons. The summed E-state index contributed by atoms with van der Waals surface area (Å²) < 4.78 is 5.36. The molecular formula is C18H16N2O2. The molecule has 1 N–H and O–H groups in total. The zero-order valence-electron chi connectivity index (χ0n) is 12.2. The monoisotopic (exact) mass is 292 g/mol. The maximum Gasteiger partial charge on any atom is 0.255 e. The summed E-state index contributed by atoms with van der Waals surface area (Å²) in [5.41, 5.74) is 1.54. The lowest BCUT2D eigenvalue weighted by molar-refractivity contribution is 0.0948. The zero-order chi connectivity index (χ0) is 15.4. The summed E-state index contributed by atoms with van der Waals surface area (Å²) in [6, 6.07) is 15.4. The number of fused-ring (bicyclic) bond motifs is 1. The van der Waals surface area contributed by atoms with Crippen molar-refractivity contribution >= 4 is 16.7 Å². The van der Waals surface area contributed by atoms with E-state index in [1.54, 1.807) is 19.5 Å². The number of ether oxygens (including phenoxy) is 1. The molecule has 22 heavy (non-hydrogen) atoms. The van der Waals surface area contributed by atoms with Gasteiger partial charge < -0.3 is 10.1 Å². The summed E-state index contributed by atoms with van der Waals surface area (Å²) in [4.78, 5) is 16.4. The summed E-state index contributed by atoms with van der Waals surface area (Å²) in [7, 11) is 1.57. The topological polar surface area (TPSA) is 51.2 Å². The minimum absolute atomic E-state index is 0.153. The number of carbonyl (C=O) groups is 1. The van der Waals surface area contributed by atoms with Gasteiger partial charge in [-0.2, -0.15) is 0 Å². The summed E-state index contributed by atoms with van der Waals surface area (Å²) in [6.45, 7) is 0.456. The molecule has 4 nitrogen and oxygen atoms in total. The van der Waals surface area contributed by atoms with Gasteiger partial charge in [0.05, 0.1) is 12.7 Å². The number of methoxy groups -OCH3 is 1. The standard InChI is InChI=1S/C18H16N2O2/c1-22-17-11-15-5-3-2-4-14(15)10-16(17)18(21)20-12-13-6-8-19-9-7-13/h2-11H,12H2,1H3,(H,20,21). The fourth-order valence-corrected chi connectivity index (χ4v) is 2.34. The van der Waals surface area contributed by atoms with Crippen LogP contribution in [0.15, 0.2) is 60.9 Å². The van der Waals surface area contributed by atoms with Crippen molar-refractivity contribution in [1.82, 2.24) is 10.3 Å². The Bertz CT molecular complexity index is 801. The minimum atomic E-state index is -0.153. The third-order valence-electron chi connectivity index (χ3n) is 3.51. The van der Waals surface area contributed by atoms with E-state index >= 15 is 0 Å². The normalized spacial score (nSPS) is 10.4. The first-order valence-electron chi connectivity index (χ1n) is 7.02. The molecule has 0 saturated heterocycles. The highest BCUT2D eigenvalue weighted by Gasteiger charge is 2.13. The van der Waals surface area contributed by atoms with Gasteiger partial charge in [0.25, 0.3) is 5.91 Å². The van der Waals surface area contributed by atoms with Crippen LogP contribution in [0.25, 0.3) is 10.8 Å². The van der Waals surface area contributed by atoms with E-state index in [0.717, 1.165) is 16.3 Å². The molecule has 0 aliphatic heterocycles. The van der Waals surface area contributed by atoms with Gasteiger partial charge in [-0.25, -0.2) is 0 Å². The molecule has 3 aromatic rings. The molecule has 4 heteroatoms. The summed E-state index contributed by atoms with van der Waals surface area (Å²) in [5.74, 6) is 0.422. The van der Waals surface area contributed by atoms with Crippen LogP contribution >= 0.6 is 0 Å². The third-order valence-corrected chi connectivity index (χ3v) is 3.51. The van der Waals surface area contributed by atoms with Gasteiger partial charge in [0.2, 0.25) is 0 Å².